The van der Waals surface area contributed by atoms with Crippen LogP contribution in [0, 0.1) is 0 Å². The number of likely N-dealkylation sites (N-methyl/N-ethyl adjacent to an activating group) is 1. The average molecular weight is 158 g/mol. The summed E-state index contributed by atoms with van der Waals surface area (Å²) in [7, 11) is 2.08. The van der Waals surface area contributed by atoms with Gasteiger partial charge in [0.15, 0.2) is 0 Å². The summed E-state index contributed by atoms with van der Waals surface area (Å²) in [4.78, 5) is 4.33. The second-order valence-electron chi connectivity index (χ2n) is 3.10. The predicted molar refractivity (Wildman–Crippen MR) is 44.2 cm³/mol. The molecule has 0 atom stereocenters. The molecule has 0 unspecified atom stereocenters. The van der Waals surface area contributed by atoms with Crippen LogP contribution in [0.4, 0.5) is 4.39 Å². The molecule has 2 nitrogen and oxygen atoms in total. The van der Waals surface area contributed by atoms with Crippen LogP contribution >= 0.6 is 0 Å². The molecule has 0 radical (unpaired) electrons. The average Bonchev–Trinajstić information content (AvgIpc) is 1.93. The van der Waals surface area contributed by atoms with E-state index in [1.54, 1.807) is 0 Å². The first kappa shape index (κ1) is 8.68. The zero-order chi connectivity index (χ0) is 8.27. The molecule has 3 heteroatoms. The zero-order valence-electron chi connectivity index (χ0n) is 7.02. The lowest BCUT2D eigenvalue weighted by Crippen LogP contribution is -2.44. The van der Waals surface area contributed by atoms with E-state index in [4.69, 9.17) is 0 Å². The van der Waals surface area contributed by atoms with Crippen molar-refractivity contribution in [3.63, 3.8) is 0 Å². The van der Waals surface area contributed by atoms with Crippen LogP contribution in [0.1, 0.15) is 0 Å². The quantitative estimate of drug-likeness (QED) is 0.584. The topological polar surface area (TPSA) is 6.48 Å². The molecule has 0 spiro atoms. The van der Waals surface area contributed by atoms with Crippen molar-refractivity contribution >= 4 is 0 Å². The molecule has 1 fully saturated rings. The van der Waals surface area contributed by atoms with E-state index < -0.39 is 0 Å². The van der Waals surface area contributed by atoms with Crippen LogP contribution in [-0.2, 0) is 0 Å². The number of rotatable bonds is 2. The third-order valence-electron chi connectivity index (χ3n) is 1.99. The lowest BCUT2D eigenvalue weighted by molar-refractivity contribution is 0.158. The highest BCUT2D eigenvalue weighted by Crippen LogP contribution is 2.02. The molecule has 0 aromatic heterocycles. The van der Waals surface area contributed by atoms with Crippen molar-refractivity contribution in [1.82, 2.24) is 9.80 Å². The Morgan fingerprint density at radius 1 is 1.36 bits per heavy atom. The minimum absolute atomic E-state index is 0.227. The van der Waals surface area contributed by atoms with Crippen LogP contribution < -0.4 is 0 Å². The molecule has 0 bridgehead atoms. The van der Waals surface area contributed by atoms with E-state index in [1.807, 2.05) is 0 Å². The molecule has 1 heterocycles. The van der Waals surface area contributed by atoms with E-state index in [1.165, 1.54) is 0 Å². The maximum absolute atomic E-state index is 12.3. The SMILES string of the molecule is C=C(F)CN1CCN(C)CC1. The Kier molecular flexibility index (Phi) is 3.02. The van der Waals surface area contributed by atoms with E-state index in [9.17, 15) is 4.39 Å². The van der Waals surface area contributed by atoms with Crippen LogP contribution in [0.3, 0.4) is 0 Å². The molecule has 64 valence electrons. The molecule has 0 saturated carbocycles. The Hall–Kier alpha value is -0.410. The largest absolute Gasteiger partial charge is 0.304 e. The fourth-order valence-corrected chi connectivity index (χ4v) is 1.25. The molecule has 0 aromatic rings. The lowest BCUT2D eigenvalue weighted by atomic mass is 10.3. The second-order valence-corrected chi connectivity index (χ2v) is 3.10. The summed E-state index contributed by atoms with van der Waals surface area (Å²) in [6.45, 7) is 7.64. The summed E-state index contributed by atoms with van der Waals surface area (Å²) < 4.78 is 12.3. The standard InChI is InChI=1S/C8H15FN2/c1-8(9)7-11-5-3-10(2)4-6-11/h1,3-7H2,2H3. The van der Waals surface area contributed by atoms with Crippen molar-refractivity contribution in [1.29, 1.82) is 0 Å². The zero-order valence-corrected chi connectivity index (χ0v) is 7.02. The minimum atomic E-state index is -0.227. The fraction of sp³-hybridized carbons (Fsp3) is 0.750. The Balaban J connectivity index is 2.22. The van der Waals surface area contributed by atoms with Gasteiger partial charge in [0.1, 0.15) is 5.83 Å². The summed E-state index contributed by atoms with van der Waals surface area (Å²) in [5, 5.41) is 0. The highest BCUT2D eigenvalue weighted by atomic mass is 19.1. The molecule has 0 aromatic carbocycles. The van der Waals surface area contributed by atoms with Gasteiger partial charge in [-0.1, -0.05) is 6.58 Å². The molecule has 0 N–H and O–H groups in total. The monoisotopic (exact) mass is 158 g/mol. The minimum Gasteiger partial charge on any atom is -0.304 e. The van der Waals surface area contributed by atoms with Crippen molar-refractivity contribution in [2.75, 3.05) is 39.8 Å². The molecule has 0 amide bonds. The summed E-state index contributed by atoms with van der Waals surface area (Å²) in [6.07, 6.45) is 0. The molecular weight excluding hydrogens is 143 g/mol. The number of hydrogen-bond acceptors (Lipinski definition) is 2. The Labute approximate surface area is 67.3 Å². The van der Waals surface area contributed by atoms with Crippen LogP contribution in [0.25, 0.3) is 0 Å². The number of hydrogen-bond donors (Lipinski definition) is 0. The Morgan fingerprint density at radius 2 is 1.91 bits per heavy atom. The third-order valence-corrected chi connectivity index (χ3v) is 1.99. The van der Waals surface area contributed by atoms with E-state index in [-0.39, 0.29) is 5.83 Å². The number of piperazine rings is 1. The van der Waals surface area contributed by atoms with Gasteiger partial charge in [-0.2, -0.15) is 0 Å². The van der Waals surface area contributed by atoms with Gasteiger partial charge in [-0.05, 0) is 7.05 Å². The summed E-state index contributed by atoms with van der Waals surface area (Å²) in [5.74, 6) is -0.227. The highest BCUT2D eigenvalue weighted by molar-refractivity contribution is 4.86. The van der Waals surface area contributed by atoms with Gasteiger partial charge < -0.3 is 4.90 Å². The first-order valence-corrected chi connectivity index (χ1v) is 3.92. The van der Waals surface area contributed by atoms with E-state index in [2.05, 4.69) is 23.4 Å². The van der Waals surface area contributed by atoms with Crippen molar-refractivity contribution in [3.05, 3.63) is 12.4 Å². The van der Waals surface area contributed by atoms with Crippen molar-refractivity contribution < 1.29 is 4.39 Å². The normalized spacial score (nSPS) is 22.0. The molecule has 0 aliphatic carbocycles. The molecule has 11 heavy (non-hydrogen) atoms. The maximum atomic E-state index is 12.3. The van der Waals surface area contributed by atoms with Gasteiger partial charge in [0.2, 0.25) is 0 Å². The van der Waals surface area contributed by atoms with Crippen LogP contribution in [-0.4, -0.2) is 49.6 Å². The Morgan fingerprint density at radius 3 is 2.36 bits per heavy atom. The van der Waals surface area contributed by atoms with Gasteiger partial charge >= 0.3 is 0 Å². The molecular formula is C8H15FN2. The van der Waals surface area contributed by atoms with Crippen molar-refractivity contribution in [3.8, 4) is 0 Å². The van der Waals surface area contributed by atoms with E-state index in [0.717, 1.165) is 26.2 Å². The van der Waals surface area contributed by atoms with Gasteiger partial charge in [-0.25, -0.2) is 4.39 Å². The first-order chi connectivity index (χ1) is 5.18. The predicted octanol–water partition coefficient (Wildman–Crippen LogP) is 0.717. The molecule has 1 rings (SSSR count). The third kappa shape index (κ3) is 2.99. The highest BCUT2D eigenvalue weighted by Gasteiger charge is 2.13. The number of halogens is 1. The Bertz CT molecular complexity index is 139. The van der Waals surface area contributed by atoms with Crippen molar-refractivity contribution in [2.24, 2.45) is 0 Å². The van der Waals surface area contributed by atoms with Crippen LogP contribution in [0.5, 0.6) is 0 Å². The van der Waals surface area contributed by atoms with Gasteiger partial charge in [-0.3, -0.25) is 4.90 Å². The van der Waals surface area contributed by atoms with Gasteiger partial charge in [0.25, 0.3) is 0 Å². The van der Waals surface area contributed by atoms with E-state index >= 15 is 0 Å². The van der Waals surface area contributed by atoms with Crippen LogP contribution in [0.2, 0.25) is 0 Å². The summed E-state index contributed by atoms with van der Waals surface area (Å²) in [6, 6.07) is 0. The first-order valence-electron chi connectivity index (χ1n) is 3.92. The van der Waals surface area contributed by atoms with Crippen LogP contribution in [0.15, 0.2) is 12.4 Å². The molecule has 1 aliphatic rings. The second kappa shape index (κ2) is 3.83. The maximum Gasteiger partial charge on any atom is 0.107 e. The fourth-order valence-electron chi connectivity index (χ4n) is 1.25. The van der Waals surface area contributed by atoms with Gasteiger partial charge in [0, 0.05) is 32.7 Å². The summed E-state index contributed by atoms with van der Waals surface area (Å²) >= 11 is 0. The van der Waals surface area contributed by atoms with Gasteiger partial charge in [0.05, 0.1) is 0 Å². The van der Waals surface area contributed by atoms with Crippen molar-refractivity contribution in [2.45, 2.75) is 0 Å². The lowest BCUT2D eigenvalue weighted by Gasteiger charge is -2.31. The summed E-state index contributed by atoms with van der Waals surface area (Å²) in [5.41, 5.74) is 0. The van der Waals surface area contributed by atoms with Gasteiger partial charge in [-0.15, -0.1) is 0 Å². The molecule has 1 aliphatic heterocycles. The van der Waals surface area contributed by atoms with E-state index in [0.29, 0.717) is 6.54 Å². The molecule has 1 saturated heterocycles. The number of nitrogens with zero attached hydrogens (tertiary/aromatic N) is 2. The smallest absolute Gasteiger partial charge is 0.107 e.